The van der Waals surface area contributed by atoms with Gasteiger partial charge in [0, 0.05) is 31.4 Å². The molecule has 2 aromatic rings. The van der Waals surface area contributed by atoms with Gasteiger partial charge in [-0.2, -0.15) is 0 Å². The first kappa shape index (κ1) is 24.7. The van der Waals surface area contributed by atoms with Gasteiger partial charge in [0.05, 0.1) is 16.3 Å². The number of nitrogens with zero attached hydrogens (tertiary/aromatic N) is 1. The Kier molecular flexibility index (Phi) is 9.98. The third kappa shape index (κ3) is 7.91. The second-order valence-electron chi connectivity index (χ2n) is 6.35. The van der Waals surface area contributed by atoms with Crippen molar-refractivity contribution < 1.29 is 24.0 Å². The van der Waals surface area contributed by atoms with E-state index in [0.29, 0.717) is 15.7 Å². The van der Waals surface area contributed by atoms with Crippen LogP contribution in [0.5, 0.6) is 0 Å². The zero-order valence-electron chi connectivity index (χ0n) is 17.4. The highest BCUT2D eigenvalue weighted by atomic mass is 79.9. The molecule has 32 heavy (non-hydrogen) atoms. The molecular formula is C21H24BrN5O5. The molecule has 0 atom stereocenters. The highest BCUT2D eigenvalue weighted by Gasteiger charge is 2.18. The summed E-state index contributed by atoms with van der Waals surface area (Å²) in [5.74, 6) is -0.813. The number of anilines is 1. The Bertz CT molecular complexity index is 969. The second-order valence-corrected chi connectivity index (χ2v) is 7.15. The van der Waals surface area contributed by atoms with Crippen LogP contribution >= 0.6 is 15.9 Å². The largest absolute Gasteiger partial charge is 0.445 e. The maximum atomic E-state index is 12.6. The maximum absolute atomic E-state index is 12.6. The summed E-state index contributed by atoms with van der Waals surface area (Å²) in [5, 5.41) is 11.4. The maximum Gasteiger partial charge on any atom is 0.407 e. The van der Waals surface area contributed by atoms with E-state index in [4.69, 9.17) is 15.3 Å². The van der Waals surface area contributed by atoms with Crippen molar-refractivity contribution >= 4 is 45.7 Å². The van der Waals surface area contributed by atoms with Crippen LogP contribution in [0.4, 0.5) is 10.5 Å². The summed E-state index contributed by atoms with van der Waals surface area (Å²) in [6, 6.07) is 12.5. The molecule has 3 amide bonds. The Hall–Kier alpha value is -3.60. The number of alkyl carbamates (subject to hydrolysis) is 1. The van der Waals surface area contributed by atoms with E-state index in [2.05, 4.69) is 37.0 Å². The number of oxime groups is 1. The van der Waals surface area contributed by atoms with Gasteiger partial charge in [-0.15, -0.1) is 0 Å². The normalized spacial score (nSPS) is 10.4. The molecule has 0 saturated heterocycles. The summed E-state index contributed by atoms with van der Waals surface area (Å²) < 4.78 is 5.41. The molecule has 2 aromatic carbocycles. The minimum Gasteiger partial charge on any atom is -0.445 e. The van der Waals surface area contributed by atoms with Crippen molar-refractivity contribution in [1.82, 2.24) is 16.0 Å². The molecular weight excluding hydrogens is 482 g/mol. The number of nitrogens with one attached hydrogen (secondary N) is 3. The molecule has 0 aliphatic heterocycles. The molecule has 0 heterocycles. The Balaban J connectivity index is 1.78. The van der Waals surface area contributed by atoms with Gasteiger partial charge in [0.1, 0.15) is 6.61 Å². The lowest BCUT2D eigenvalue weighted by atomic mass is 10.1. The lowest BCUT2D eigenvalue weighted by molar-refractivity contribution is -0.125. The van der Waals surface area contributed by atoms with Gasteiger partial charge in [0.15, 0.2) is 6.61 Å². The first-order valence-electron chi connectivity index (χ1n) is 9.59. The minimum atomic E-state index is -0.623. The summed E-state index contributed by atoms with van der Waals surface area (Å²) in [6.45, 7) is -0.0207. The van der Waals surface area contributed by atoms with Gasteiger partial charge < -0.3 is 31.3 Å². The number of benzene rings is 2. The Morgan fingerprint density at radius 3 is 2.53 bits per heavy atom. The Morgan fingerprint density at radius 1 is 1.09 bits per heavy atom. The fraction of sp³-hybridized carbons (Fsp3) is 0.238. The average molecular weight is 506 g/mol. The second kappa shape index (κ2) is 13.0. The number of rotatable bonds is 10. The SMILES string of the molecule is CNC(=O)OCc1ccc(N)c(Br)c1C(=O)NCCNC(=O)CO/N=C/c1ccccc1. The smallest absolute Gasteiger partial charge is 0.407 e. The van der Waals surface area contributed by atoms with Crippen LogP contribution in [0, 0.1) is 0 Å². The van der Waals surface area contributed by atoms with Crippen molar-refractivity contribution in [3.05, 3.63) is 63.6 Å². The number of ether oxygens (including phenoxy) is 1. The van der Waals surface area contributed by atoms with Gasteiger partial charge in [0.25, 0.3) is 11.8 Å². The molecule has 0 spiro atoms. The predicted molar refractivity (Wildman–Crippen MR) is 123 cm³/mol. The van der Waals surface area contributed by atoms with Gasteiger partial charge >= 0.3 is 6.09 Å². The van der Waals surface area contributed by atoms with Crippen molar-refractivity contribution in [2.75, 3.05) is 32.5 Å². The minimum absolute atomic E-state index is 0.112. The molecule has 0 radical (unpaired) electrons. The summed E-state index contributed by atoms with van der Waals surface area (Å²) in [5.41, 5.74) is 7.80. The van der Waals surface area contributed by atoms with E-state index in [1.54, 1.807) is 12.1 Å². The van der Waals surface area contributed by atoms with Crippen molar-refractivity contribution in [1.29, 1.82) is 0 Å². The monoisotopic (exact) mass is 505 g/mol. The van der Waals surface area contributed by atoms with Gasteiger partial charge in [-0.3, -0.25) is 9.59 Å². The van der Waals surface area contributed by atoms with E-state index in [0.717, 1.165) is 5.56 Å². The molecule has 170 valence electrons. The zero-order chi connectivity index (χ0) is 23.3. The highest BCUT2D eigenvalue weighted by molar-refractivity contribution is 9.10. The van der Waals surface area contributed by atoms with Gasteiger partial charge in [0.2, 0.25) is 0 Å². The average Bonchev–Trinajstić information content (AvgIpc) is 2.80. The number of hydrogen-bond donors (Lipinski definition) is 4. The summed E-state index contributed by atoms with van der Waals surface area (Å²) in [7, 11) is 1.43. The van der Waals surface area contributed by atoms with Gasteiger partial charge in [-0.25, -0.2) is 4.79 Å². The van der Waals surface area contributed by atoms with E-state index in [-0.39, 0.29) is 37.8 Å². The van der Waals surface area contributed by atoms with Crippen LogP contribution in [-0.4, -0.2) is 50.9 Å². The molecule has 0 fully saturated rings. The molecule has 5 N–H and O–H groups in total. The Morgan fingerprint density at radius 2 is 1.81 bits per heavy atom. The lowest BCUT2D eigenvalue weighted by Crippen LogP contribution is -2.36. The number of nitrogen functional groups attached to an aromatic ring is 1. The highest BCUT2D eigenvalue weighted by Crippen LogP contribution is 2.27. The molecule has 0 unspecified atom stereocenters. The van der Waals surface area contributed by atoms with E-state index < -0.39 is 12.0 Å². The molecule has 0 bridgehead atoms. The van der Waals surface area contributed by atoms with Crippen molar-refractivity contribution in [2.45, 2.75) is 6.61 Å². The van der Waals surface area contributed by atoms with Crippen LogP contribution in [0.15, 0.2) is 52.1 Å². The van der Waals surface area contributed by atoms with E-state index in [1.807, 2.05) is 30.3 Å². The number of amides is 3. The number of carbonyl (C=O) groups excluding carboxylic acids is 3. The van der Waals surface area contributed by atoms with E-state index in [1.165, 1.54) is 13.3 Å². The predicted octanol–water partition coefficient (Wildman–Crippen LogP) is 1.78. The van der Waals surface area contributed by atoms with Crippen molar-refractivity contribution in [2.24, 2.45) is 5.16 Å². The number of carbonyl (C=O) groups is 3. The fourth-order valence-electron chi connectivity index (χ4n) is 2.46. The molecule has 10 nitrogen and oxygen atoms in total. The zero-order valence-corrected chi connectivity index (χ0v) is 19.0. The summed E-state index contributed by atoms with van der Waals surface area (Å²) in [6.07, 6.45) is 0.880. The van der Waals surface area contributed by atoms with Crippen LogP contribution in [0.1, 0.15) is 21.5 Å². The van der Waals surface area contributed by atoms with Crippen LogP contribution < -0.4 is 21.7 Å². The first-order chi connectivity index (χ1) is 15.4. The van der Waals surface area contributed by atoms with Crippen LogP contribution in [0.2, 0.25) is 0 Å². The third-order valence-corrected chi connectivity index (χ3v) is 4.91. The van der Waals surface area contributed by atoms with Crippen molar-refractivity contribution in [3.63, 3.8) is 0 Å². The Labute approximate surface area is 193 Å². The standard InChI is InChI=1S/C21H24BrN5O5/c1-24-21(30)31-12-15-7-8-16(23)19(22)18(15)20(29)26-10-9-25-17(28)13-32-27-11-14-5-3-2-4-6-14/h2-8,11H,9-10,12-13,23H2,1H3,(H,24,30)(H,25,28)(H,26,29)/b27-11+. The fourth-order valence-corrected chi connectivity index (χ4v) is 3.03. The summed E-state index contributed by atoms with van der Waals surface area (Å²) in [4.78, 5) is 40.7. The number of hydrogen-bond acceptors (Lipinski definition) is 7. The summed E-state index contributed by atoms with van der Waals surface area (Å²) >= 11 is 3.30. The number of nitrogens with two attached hydrogens (primary N) is 1. The molecule has 2 rings (SSSR count). The van der Waals surface area contributed by atoms with Gasteiger partial charge in [-0.1, -0.05) is 41.6 Å². The number of halogens is 1. The molecule has 0 aromatic heterocycles. The van der Waals surface area contributed by atoms with Crippen molar-refractivity contribution in [3.8, 4) is 0 Å². The molecule has 11 heteroatoms. The van der Waals surface area contributed by atoms with E-state index >= 15 is 0 Å². The first-order valence-corrected chi connectivity index (χ1v) is 10.4. The molecule has 0 saturated carbocycles. The quantitative estimate of drug-likeness (QED) is 0.167. The molecule has 0 aliphatic rings. The van der Waals surface area contributed by atoms with Crippen LogP contribution in [0.3, 0.4) is 0 Å². The van der Waals surface area contributed by atoms with Gasteiger partial charge in [-0.05, 0) is 27.6 Å². The van der Waals surface area contributed by atoms with Crippen LogP contribution in [-0.2, 0) is 21.0 Å². The third-order valence-electron chi connectivity index (χ3n) is 4.05. The lowest BCUT2D eigenvalue weighted by Gasteiger charge is -2.14. The molecule has 0 aliphatic carbocycles. The topological polar surface area (TPSA) is 144 Å². The van der Waals surface area contributed by atoms with E-state index in [9.17, 15) is 14.4 Å². The van der Waals surface area contributed by atoms with Crippen LogP contribution in [0.25, 0.3) is 0 Å².